The summed E-state index contributed by atoms with van der Waals surface area (Å²) in [6, 6.07) is 11.0. The number of hydrogen-bond donors (Lipinski definition) is 2. The van der Waals surface area contributed by atoms with Crippen molar-refractivity contribution in [3.63, 3.8) is 0 Å². The van der Waals surface area contributed by atoms with Crippen molar-refractivity contribution >= 4 is 18.3 Å². The van der Waals surface area contributed by atoms with Crippen molar-refractivity contribution in [3.05, 3.63) is 53.1 Å². The summed E-state index contributed by atoms with van der Waals surface area (Å²) in [4.78, 5) is 21.8. The largest absolute Gasteiger partial charge is 0.504 e. The van der Waals surface area contributed by atoms with E-state index >= 15 is 0 Å². The first-order chi connectivity index (χ1) is 17.3. The molecule has 2 bridgehead atoms. The van der Waals surface area contributed by atoms with E-state index in [9.17, 15) is 15.0 Å². The molecule has 2 saturated carbocycles. The molecular formula is C29H35ClN2O5. The Kier molecular flexibility index (Phi) is 5.72. The van der Waals surface area contributed by atoms with Gasteiger partial charge >= 0.3 is 0 Å². The number of likely N-dealkylation sites (tertiary alicyclic amines) is 1. The maximum Gasteiger partial charge on any atom is 0.252 e. The third-order valence-electron chi connectivity index (χ3n) is 9.63. The zero-order valence-corrected chi connectivity index (χ0v) is 22.2. The Labute approximate surface area is 223 Å². The number of carbonyl (C=O) groups excluding carboxylic acids is 1. The molecule has 0 radical (unpaired) electrons. The molecule has 2 aromatic carbocycles. The van der Waals surface area contributed by atoms with Crippen LogP contribution >= 0.6 is 12.4 Å². The van der Waals surface area contributed by atoms with Crippen molar-refractivity contribution in [2.75, 3.05) is 13.1 Å². The zero-order valence-electron chi connectivity index (χ0n) is 21.4. The monoisotopic (exact) mass is 526 g/mol. The van der Waals surface area contributed by atoms with Crippen molar-refractivity contribution in [3.8, 4) is 17.2 Å². The summed E-state index contributed by atoms with van der Waals surface area (Å²) in [5, 5.41) is 24.9. The summed E-state index contributed by atoms with van der Waals surface area (Å²) in [6.45, 7) is 5.39. The molecule has 1 saturated heterocycles. The number of nitrogens with zero attached hydrogens (tertiary/aromatic N) is 2. The molecule has 2 N–H and O–H groups in total. The van der Waals surface area contributed by atoms with Crippen LogP contribution in [0.25, 0.3) is 0 Å². The maximum atomic E-state index is 13.0. The SMILES string of the molecule is CC(=O)N(Oc1ccccc1C)[C@H]1CC[C@@]2(O)[C@H]3Cc4ccc(O)c5c4[C@@]2(CCN3CC2CC2)[C@H]1O5.Cl. The van der Waals surface area contributed by atoms with Crippen LogP contribution in [-0.4, -0.2) is 63.0 Å². The summed E-state index contributed by atoms with van der Waals surface area (Å²) in [7, 11) is 0. The normalized spacial score (nSPS) is 33.1. The molecule has 8 heteroatoms. The van der Waals surface area contributed by atoms with Crippen molar-refractivity contribution in [2.24, 2.45) is 5.92 Å². The minimum atomic E-state index is -0.988. The Balaban J connectivity index is 0.00000252. The number of ether oxygens (including phenoxy) is 1. The number of hydrogen-bond acceptors (Lipinski definition) is 6. The van der Waals surface area contributed by atoms with E-state index < -0.39 is 23.2 Å². The van der Waals surface area contributed by atoms with Gasteiger partial charge < -0.3 is 19.8 Å². The smallest absolute Gasteiger partial charge is 0.252 e. The highest BCUT2D eigenvalue weighted by Crippen LogP contribution is 2.66. The molecule has 37 heavy (non-hydrogen) atoms. The minimum absolute atomic E-state index is 0. The van der Waals surface area contributed by atoms with Crippen LogP contribution in [0.3, 0.4) is 0 Å². The molecule has 1 amide bonds. The third kappa shape index (κ3) is 3.36. The van der Waals surface area contributed by atoms with E-state index in [-0.39, 0.29) is 30.1 Å². The second kappa shape index (κ2) is 8.52. The van der Waals surface area contributed by atoms with Crippen LogP contribution in [0.1, 0.15) is 55.7 Å². The predicted octanol–water partition coefficient (Wildman–Crippen LogP) is 3.90. The van der Waals surface area contributed by atoms with E-state index in [0.717, 1.165) is 48.5 Å². The number of benzene rings is 2. The Morgan fingerprint density at radius 1 is 1.19 bits per heavy atom. The highest BCUT2D eigenvalue weighted by atomic mass is 35.5. The fourth-order valence-corrected chi connectivity index (χ4v) is 7.83. The van der Waals surface area contributed by atoms with Gasteiger partial charge in [0.05, 0.1) is 11.0 Å². The molecule has 3 aliphatic carbocycles. The Bertz CT molecular complexity index is 1250. The van der Waals surface area contributed by atoms with E-state index in [4.69, 9.17) is 9.57 Å². The third-order valence-corrected chi connectivity index (χ3v) is 9.63. The number of phenols is 1. The lowest BCUT2D eigenvalue weighted by Gasteiger charge is -2.64. The predicted molar refractivity (Wildman–Crippen MR) is 140 cm³/mol. The van der Waals surface area contributed by atoms with Crippen LogP contribution in [0.15, 0.2) is 36.4 Å². The van der Waals surface area contributed by atoms with Crippen molar-refractivity contribution in [2.45, 2.75) is 81.6 Å². The molecule has 1 spiro atoms. The number of phenolic OH excluding ortho intramolecular Hbond substituents is 1. The highest BCUT2D eigenvalue weighted by Gasteiger charge is 2.74. The van der Waals surface area contributed by atoms with E-state index in [1.54, 1.807) is 6.07 Å². The first kappa shape index (κ1) is 24.8. The van der Waals surface area contributed by atoms with Gasteiger partial charge in [0.15, 0.2) is 17.2 Å². The number of amides is 1. The van der Waals surface area contributed by atoms with Gasteiger partial charge in [-0.15, -0.1) is 12.4 Å². The number of carbonyl (C=O) groups is 1. The molecule has 7 rings (SSSR count). The standard InChI is InChI=1S/C29H34N2O5.ClH/c1-17-5-3-4-6-23(17)36-31(18(2)32)21-11-12-29(34)24-15-20-9-10-22(33)26-25(20)28(29,27(21)35-26)13-14-30(24)16-19-7-8-19;/h3-6,9-10,19,21,24,27,33-34H,7-8,11-16H2,1-2H3;1H/t21-,24+,27-,28-,29+;/m0./s1. The highest BCUT2D eigenvalue weighted by molar-refractivity contribution is 5.85. The lowest BCUT2D eigenvalue weighted by molar-refractivity contribution is -0.225. The molecule has 2 heterocycles. The van der Waals surface area contributed by atoms with Gasteiger partial charge in [-0.2, -0.15) is 5.06 Å². The molecule has 7 nitrogen and oxygen atoms in total. The van der Waals surface area contributed by atoms with Gasteiger partial charge in [0.1, 0.15) is 12.1 Å². The molecule has 3 fully saturated rings. The number of aromatic hydroxyl groups is 1. The fraction of sp³-hybridized carbons (Fsp3) is 0.552. The molecule has 2 aromatic rings. The summed E-state index contributed by atoms with van der Waals surface area (Å²) < 4.78 is 6.61. The van der Waals surface area contributed by atoms with E-state index in [0.29, 0.717) is 24.3 Å². The lowest BCUT2D eigenvalue weighted by Crippen LogP contribution is -2.78. The molecule has 5 atom stereocenters. The van der Waals surface area contributed by atoms with Gasteiger partial charge in [0.25, 0.3) is 5.91 Å². The summed E-state index contributed by atoms with van der Waals surface area (Å²) in [5.74, 6) is 1.75. The van der Waals surface area contributed by atoms with Crippen LogP contribution in [0.2, 0.25) is 0 Å². The molecule has 0 aromatic heterocycles. The zero-order chi connectivity index (χ0) is 24.8. The van der Waals surface area contributed by atoms with Gasteiger partial charge in [-0.25, -0.2) is 0 Å². The minimum Gasteiger partial charge on any atom is -0.504 e. The van der Waals surface area contributed by atoms with Gasteiger partial charge in [-0.05, 0) is 81.2 Å². The number of piperidine rings is 1. The summed E-state index contributed by atoms with van der Waals surface area (Å²) >= 11 is 0. The molecule has 0 unspecified atom stereocenters. The second-order valence-corrected chi connectivity index (χ2v) is 11.6. The lowest BCUT2D eigenvalue weighted by atomic mass is 9.48. The van der Waals surface area contributed by atoms with Crippen LogP contribution in [-0.2, 0) is 16.6 Å². The quantitative estimate of drug-likeness (QED) is 0.575. The van der Waals surface area contributed by atoms with E-state index in [2.05, 4.69) is 4.90 Å². The van der Waals surface area contributed by atoms with Gasteiger partial charge in [0.2, 0.25) is 0 Å². The first-order valence-electron chi connectivity index (χ1n) is 13.4. The molecular weight excluding hydrogens is 492 g/mol. The first-order valence-corrected chi connectivity index (χ1v) is 13.4. The van der Waals surface area contributed by atoms with Crippen LogP contribution in [0.4, 0.5) is 0 Å². The number of para-hydroxylation sites is 1. The van der Waals surface area contributed by atoms with Gasteiger partial charge in [-0.3, -0.25) is 9.69 Å². The number of halogens is 1. The topological polar surface area (TPSA) is 82.5 Å². The van der Waals surface area contributed by atoms with Gasteiger partial charge in [0, 0.05) is 25.1 Å². The van der Waals surface area contributed by atoms with E-state index in [1.165, 1.54) is 24.8 Å². The molecule has 2 aliphatic heterocycles. The Morgan fingerprint density at radius 3 is 2.70 bits per heavy atom. The summed E-state index contributed by atoms with van der Waals surface area (Å²) in [6.07, 6.45) is 4.65. The molecule has 5 aliphatic rings. The Morgan fingerprint density at radius 2 is 1.97 bits per heavy atom. The fourth-order valence-electron chi connectivity index (χ4n) is 7.83. The number of rotatable bonds is 5. The van der Waals surface area contributed by atoms with Crippen LogP contribution in [0, 0.1) is 12.8 Å². The van der Waals surface area contributed by atoms with Crippen LogP contribution < -0.4 is 9.57 Å². The average Bonchev–Trinajstić information content (AvgIpc) is 3.59. The van der Waals surface area contributed by atoms with Crippen molar-refractivity contribution in [1.29, 1.82) is 0 Å². The van der Waals surface area contributed by atoms with Crippen LogP contribution in [0.5, 0.6) is 17.2 Å². The second-order valence-electron chi connectivity index (χ2n) is 11.6. The number of aryl methyl sites for hydroxylation is 1. The average molecular weight is 527 g/mol. The Hall–Kier alpha value is -2.48. The van der Waals surface area contributed by atoms with Crippen molar-refractivity contribution < 1.29 is 24.6 Å². The van der Waals surface area contributed by atoms with E-state index in [1.807, 2.05) is 37.3 Å². The maximum absolute atomic E-state index is 13.0. The summed E-state index contributed by atoms with van der Waals surface area (Å²) in [5.41, 5.74) is 1.37. The molecule has 198 valence electrons. The van der Waals surface area contributed by atoms with Crippen molar-refractivity contribution in [1.82, 2.24) is 9.96 Å². The number of hydroxylamine groups is 2. The number of aliphatic hydroxyl groups is 1. The van der Waals surface area contributed by atoms with Gasteiger partial charge in [-0.1, -0.05) is 24.3 Å².